The Labute approximate surface area is 136 Å². The average Bonchev–Trinajstić information content (AvgIpc) is 2.55. The molecule has 1 aliphatic rings. The van der Waals surface area contributed by atoms with Crippen molar-refractivity contribution in [3.63, 3.8) is 0 Å². The van der Waals surface area contributed by atoms with Crippen molar-refractivity contribution in [3.8, 4) is 0 Å². The fourth-order valence-corrected chi connectivity index (χ4v) is 2.81. The van der Waals surface area contributed by atoms with E-state index in [0.717, 1.165) is 58.1 Å². The Morgan fingerprint density at radius 3 is 2.45 bits per heavy atom. The molecule has 0 aromatic rings. The van der Waals surface area contributed by atoms with Crippen molar-refractivity contribution >= 4 is 5.96 Å². The zero-order valence-corrected chi connectivity index (χ0v) is 14.7. The second-order valence-corrected chi connectivity index (χ2v) is 5.91. The average molecular weight is 313 g/mol. The SMILES string of the molecule is CCCOC1(CN=C(NCC)NCCOCC)CCCCC1. The quantitative estimate of drug-likeness (QED) is 0.370. The molecule has 0 aromatic heterocycles. The molecule has 130 valence electrons. The van der Waals surface area contributed by atoms with E-state index >= 15 is 0 Å². The van der Waals surface area contributed by atoms with E-state index in [9.17, 15) is 0 Å². The first kappa shape index (κ1) is 19.2. The van der Waals surface area contributed by atoms with Gasteiger partial charge in [-0.2, -0.15) is 0 Å². The highest BCUT2D eigenvalue weighted by Gasteiger charge is 2.32. The summed E-state index contributed by atoms with van der Waals surface area (Å²) in [5, 5.41) is 6.63. The Kier molecular flexibility index (Phi) is 10.2. The van der Waals surface area contributed by atoms with E-state index in [1.165, 1.54) is 19.3 Å². The third-order valence-electron chi connectivity index (χ3n) is 3.99. The third-order valence-corrected chi connectivity index (χ3v) is 3.99. The molecule has 0 heterocycles. The second-order valence-electron chi connectivity index (χ2n) is 5.91. The molecular weight excluding hydrogens is 278 g/mol. The van der Waals surface area contributed by atoms with Crippen LogP contribution < -0.4 is 10.6 Å². The summed E-state index contributed by atoms with van der Waals surface area (Å²) in [6.07, 6.45) is 7.18. The standard InChI is InChI=1S/C17H35N3O2/c1-4-13-22-17(10-8-7-9-11-17)15-20-16(18-5-2)19-12-14-21-6-3/h4-15H2,1-3H3,(H2,18,19,20). The molecule has 0 saturated heterocycles. The van der Waals surface area contributed by atoms with Crippen molar-refractivity contribution in [1.29, 1.82) is 0 Å². The van der Waals surface area contributed by atoms with E-state index in [1.54, 1.807) is 0 Å². The lowest BCUT2D eigenvalue weighted by Gasteiger charge is -2.36. The van der Waals surface area contributed by atoms with Crippen molar-refractivity contribution < 1.29 is 9.47 Å². The first-order valence-electron chi connectivity index (χ1n) is 9.00. The molecule has 5 heteroatoms. The molecule has 0 aromatic carbocycles. The van der Waals surface area contributed by atoms with Crippen LogP contribution in [0.3, 0.4) is 0 Å². The number of aliphatic imine (C=N–C) groups is 1. The minimum absolute atomic E-state index is 0.0451. The lowest BCUT2D eigenvalue weighted by atomic mass is 9.84. The highest BCUT2D eigenvalue weighted by Crippen LogP contribution is 2.32. The highest BCUT2D eigenvalue weighted by atomic mass is 16.5. The van der Waals surface area contributed by atoms with Crippen LogP contribution >= 0.6 is 0 Å². The van der Waals surface area contributed by atoms with Crippen LogP contribution in [0.2, 0.25) is 0 Å². The molecule has 1 saturated carbocycles. The number of nitrogens with zero attached hydrogens (tertiary/aromatic N) is 1. The minimum atomic E-state index is -0.0451. The Bertz CT molecular complexity index is 302. The minimum Gasteiger partial charge on any atom is -0.380 e. The maximum absolute atomic E-state index is 6.20. The molecule has 22 heavy (non-hydrogen) atoms. The van der Waals surface area contributed by atoms with E-state index in [-0.39, 0.29) is 5.60 Å². The van der Waals surface area contributed by atoms with Crippen LogP contribution in [0, 0.1) is 0 Å². The van der Waals surface area contributed by atoms with E-state index in [2.05, 4.69) is 24.5 Å². The van der Waals surface area contributed by atoms with Gasteiger partial charge in [0, 0.05) is 26.3 Å². The van der Waals surface area contributed by atoms with Crippen molar-refractivity contribution in [1.82, 2.24) is 10.6 Å². The lowest BCUT2D eigenvalue weighted by molar-refractivity contribution is -0.0624. The van der Waals surface area contributed by atoms with Gasteiger partial charge in [0.25, 0.3) is 0 Å². The summed E-state index contributed by atoms with van der Waals surface area (Å²) in [5.41, 5.74) is -0.0451. The zero-order valence-electron chi connectivity index (χ0n) is 14.7. The number of ether oxygens (including phenoxy) is 2. The predicted molar refractivity (Wildman–Crippen MR) is 92.5 cm³/mol. The Balaban J connectivity index is 2.54. The summed E-state index contributed by atoms with van der Waals surface area (Å²) in [4.78, 5) is 4.77. The topological polar surface area (TPSA) is 54.9 Å². The van der Waals surface area contributed by atoms with Gasteiger partial charge in [-0.1, -0.05) is 26.2 Å². The van der Waals surface area contributed by atoms with Crippen LogP contribution in [-0.2, 0) is 9.47 Å². The molecule has 0 atom stereocenters. The number of nitrogens with one attached hydrogen (secondary N) is 2. The third kappa shape index (κ3) is 7.45. The zero-order chi connectivity index (χ0) is 16.1. The number of guanidine groups is 1. The Morgan fingerprint density at radius 1 is 1.05 bits per heavy atom. The molecule has 0 radical (unpaired) electrons. The molecule has 0 unspecified atom stereocenters. The van der Waals surface area contributed by atoms with Gasteiger partial charge in [0.05, 0.1) is 18.8 Å². The number of hydrogen-bond donors (Lipinski definition) is 2. The van der Waals surface area contributed by atoms with Crippen LogP contribution in [0.4, 0.5) is 0 Å². The fourth-order valence-electron chi connectivity index (χ4n) is 2.81. The van der Waals surface area contributed by atoms with Crippen LogP contribution in [0.1, 0.15) is 59.3 Å². The normalized spacial score (nSPS) is 18.2. The maximum Gasteiger partial charge on any atom is 0.191 e. The lowest BCUT2D eigenvalue weighted by Crippen LogP contribution is -2.43. The van der Waals surface area contributed by atoms with Gasteiger partial charge >= 0.3 is 0 Å². The van der Waals surface area contributed by atoms with Crippen LogP contribution in [0.5, 0.6) is 0 Å². The van der Waals surface area contributed by atoms with Gasteiger partial charge in [-0.25, -0.2) is 0 Å². The van der Waals surface area contributed by atoms with Gasteiger partial charge in [-0.05, 0) is 33.1 Å². The van der Waals surface area contributed by atoms with Gasteiger partial charge in [0.2, 0.25) is 0 Å². The van der Waals surface area contributed by atoms with Gasteiger partial charge in [-0.3, -0.25) is 4.99 Å². The molecule has 0 bridgehead atoms. The van der Waals surface area contributed by atoms with E-state index in [0.29, 0.717) is 6.61 Å². The van der Waals surface area contributed by atoms with Crippen LogP contribution in [0.25, 0.3) is 0 Å². The molecule has 1 rings (SSSR count). The molecule has 1 fully saturated rings. The summed E-state index contributed by atoms with van der Waals surface area (Å²) < 4.78 is 11.6. The van der Waals surface area contributed by atoms with Crippen LogP contribution in [0.15, 0.2) is 4.99 Å². The van der Waals surface area contributed by atoms with Gasteiger partial charge in [0.1, 0.15) is 0 Å². The van der Waals surface area contributed by atoms with Crippen molar-refractivity contribution in [2.45, 2.75) is 64.9 Å². The molecule has 0 amide bonds. The molecular formula is C17H35N3O2. The molecule has 2 N–H and O–H groups in total. The van der Waals surface area contributed by atoms with Crippen molar-refractivity contribution in [2.24, 2.45) is 4.99 Å². The van der Waals surface area contributed by atoms with E-state index in [1.807, 2.05) is 6.92 Å². The van der Waals surface area contributed by atoms with Crippen molar-refractivity contribution in [2.75, 3.05) is 39.5 Å². The monoisotopic (exact) mass is 313 g/mol. The summed E-state index contributed by atoms with van der Waals surface area (Å²) in [6.45, 7) is 11.0. The van der Waals surface area contributed by atoms with Crippen LogP contribution in [-0.4, -0.2) is 51.0 Å². The fraction of sp³-hybridized carbons (Fsp3) is 0.941. The van der Waals surface area contributed by atoms with E-state index in [4.69, 9.17) is 14.5 Å². The van der Waals surface area contributed by atoms with Crippen molar-refractivity contribution in [3.05, 3.63) is 0 Å². The maximum atomic E-state index is 6.20. The number of hydrogen-bond acceptors (Lipinski definition) is 3. The summed E-state index contributed by atoms with van der Waals surface area (Å²) in [5.74, 6) is 0.868. The summed E-state index contributed by atoms with van der Waals surface area (Å²) in [7, 11) is 0. The molecule has 5 nitrogen and oxygen atoms in total. The Hall–Kier alpha value is -0.810. The Morgan fingerprint density at radius 2 is 1.82 bits per heavy atom. The first-order chi connectivity index (χ1) is 10.8. The van der Waals surface area contributed by atoms with Gasteiger partial charge in [-0.15, -0.1) is 0 Å². The highest BCUT2D eigenvalue weighted by molar-refractivity contribution is 5.79. The van der Waals surface area contributed by atoms with Gasteiger partial charge < -0.3 is 20.1 Å². The second kappa shape index (κ2) is 11.7. The first-order valence-corrected chi connectivity index (χ1v) is 9.00. The predicted octanol–water partition coefficient (Wildman–Crippen LogP) is 2.71. The number of rotatable bonds is 10. The van der Waals surface area contributed by atoms with Gasteiger partial charge in [0.15, 0.2) is 5.96 Å². The summed E-state index contributed by atoms with van der Waals surface area (Å²) in [6, 6.07) is 0. The molecule has 1 aliphatic carbocycles. The largest absolute Gasteiger partial charge is 0.380 e. The molecule has 0 spiro atoms. The van der Waals surface area contributed by atoms with E-state index < -0.39 is 0 Å². The molecule has 0 aliphatic heterocycles. The smallest absolute Gasteiger partial charge is 0.191 e. The summed E-state index contributed by atoms with van der Waals surface area (Å²) >= 11 is 0.